The lowest BCUT2D eigenvalue weighted by atomic mass is 10.1. The van der Waals surface area contributed by atoms with Gasteiger partial charge in [0, 0.05) is 23.2 Å². The summed E-state index contributed by atoms with van der Waals surface area (Å²) in [7, 11) is 1.58. The Morgan fingerprint density at radius 3 is 2.82 bits per heavy atom. The molecule has 0 N–H and O–H groups in total. The monoisotopic (exact) mass is 378 g/mol. The number of esters is 1. The minimum absolute atomic E-state index is 0.122. The van der Waals surface area contributed by atoms with Crippen molar-refractivity contribution in [1.82, 2.24) is 9.38 Å². The molecule has 0 aliphatic rings. The fraction of sp³-hybridized carbons (Fsp3) is 0.190. The van der Waals surface area contributed by atoms with E-state index >= 15 is 0 Å². The lowest BCUT2D eigenvalue weighted by molar-refractivity contribution is 0.0432. The number of pyridine rings is 1. The maximum atomic E-state index is 12.5. The molecular formula is C21H18N2O5. The van der Waals surface area contributed by atoms with Crippen molar-refractivity contribution in [2.75, 3.05) is 7.11 Å². The van der Waals surface area contributed by atoms with Crippen LogP contribution in [0.3, 0.4) is 0 Å². The van der Waals surface area contributed by atoms with Gasteiger partial charge in [-0.05, 0) is 43.7 Å². The quantitative estimate of drug-likeness (QED) is 0.506. The lowest BCUT2D eigenvalue weighted by Gasteiger charge is -2.07. The molecule has 0 aliphatic heterocycles. The van der Waals surface area contributed by atoms with Crippen molar-refractivity contribution in [1.29, 1.82) is 0 Å². The highest BCUT2D eigenvalue weighted by Crippen LogP contribution is 2.29. The maximum absolute atomic E-state index is 12.5. The van der Waals surface area contributed by atoms with Crippen molar-refractivity contribution in [2.24, 2.45) is 0 Å². The number of carbonyl (C=O) groups is 1. The standard InChI is InChI=1S/C21H18N2O5/c1-12-5-4-8-23-18(24)9-14(22-20(12)23)11-27-21(25)19-13(2)16-10-15(26-3)6-7-17(16)28-19/h4-10H,11H2,1-3H3. The smallest absolute Gasteiger partial charge is 0.374 e. The highest BCUT2D eigenvalue weighted by Gasteiger charge is 2.20. The van der Waals surface area contributed by atoms with Crippen molar-refractivity contribution < 1.29 is 18.7 Å². The fourth-order valence-electron chi connectivity index (χ4n) is 3.11. The molecule has 0 saturated carbocycles. The van der Waals surface area contributed by atoms with Crippen molar-refractivity contribution in [3.05, 3.63) is 75.5 Å². The minimum atomic E-state index is -0.612. The van der Waals surface area contributed by atoms with Crippen LogP contribution in [0.1, 0.15) is 27.4 Å². The molecule has 142 valence electrons. The molecule has 0 saturated heterocycles. The Hall–Kier alpha value is -3.61. The third kappa shape index (κ3) is 3.00. The van der Waals surface area contributed by atoms with Crippen molar-refractivity contribution in [3.8, 4) is 5.75 Å². The molecule has 0 fully saturated rings. The van der Waals surface area contributed by atoms with E-state index in [2.05, 4.69) is 4.98 Å². The summed E-state index contributed by atoms with van der Waals surface area (Å²) in [6, 6.07) is 10.3. The molecule has 7 heteroatoms. The Labute approximate surface area is 160 Å². The van der Waals surface area contributed by atoms with Gasteiger partial charge in [-0.2, -0.15) is 0 Å². The zero-order valence-corrected chi connectivity index (χ0v) is 15.7. The van der Waals surface area contributed by atoms with E-state index in [0.717, 1.165) is 10.9 Å². The first kappa shape index (κ1) is 17.8. The molecule has 3 heterocycles. The van der Waals surface area contributed by atoms with Crippen LogP contribution in [-0.2, 0) is 11.3 Å². The normalized spacial score (nSPS) is 11.1. The molecule has 0 atom stereocenters. The van der Waals surface area contributed by atoms with Gasteiger partial charge in [0.05, 0.1) is 12.8 Å². The first-order chi connectivity index (χ1) is 13.5. The number of fused-ring (bicyclic) bond motifs is 2. The zero-order chi connectivity index (χ0) is 19.8. The second-order valence-corrected chi connectivity index (χ2v) is 6.46. The first-order valence-electron chi connectivity index (χ1n) is 8.70. The van der Waals surface area contributed by atoms with Gasteiger partial charge in [0.1, 0.15) is 23.6 Å². The van der Waals surface area contributed by atoms with Gasteiger partial charge in [0.15, 0.2) is 0 Å². The van der Waals surface area contributed by atoms with Crippen LogP contribution in [0.5, 0.6) is 5.75 Å². The van der Waals surface area contributed by atoms with E-state index in [1.54, 1.807) is 44.5 Å². The number of aromatic nitrogens is 2. The second-order valence-electron chi connectivity index (χ2n) is 6.46. The summed E-state index contributed by atoms with van der Waals surface area (Å²) in [5.74, 6) is 0.184. The van der Waals surface area contributed by atoms with Gasteiger partial charge >= 0.3 is 5.97 Å². The molecule has 0 unspecified atom stereocenters. The molecule has 0 aliphatic carbocycles. The predicted octanol–water partition coefficient (Wildman–Crippen LogP) is 3.42. The first-order valence-corrected chi connectivity index (χ1v) is 8.70. The minimum Gasteiger partial charge on any atom is -0.497 e. The Bertz CT molecular complexity index is 1270. The van der Waals surface area contributed by atoms with Crippen molar-refractivity contribution in [3.63, 3.8) is 0 Å². The third-order valence-electron chi connectivity index (χ3n) is 4.62. The van der Waals surface area contributed by atoms with Crippen LogP contribution < -0.4 is 10.3 Å². The number of hydrogen-bond acceptors (Lipinski definition) is 6. The van der Waals surface area contributed by atoms with E-state index < -0.39 is 5.97 Å². The number of furan rings is 1. The number of carbonyl (C=O) groups excluding carboxylic acids is 1. The van der Waals surface area contributed by atoms with Gasteiger partial charge < -0.3 is 13.9 Å². The van der Waals surface area contributed by atoms with Crippen LogP contribution in [0.25, 0.3) is 16.6 Å². The topological polar surface area (TPSA) is 83.0 Å². The van der Waals surface area contributed by atoms with E-state index in [4.69, 9.17) is 13.9 Å². The largest absolute Gasteiger partial charge is 0.497 e. The number of aryl methyl sites for hydroxylation is 2. The average Bonchev–Trinajstić information content (AvgIpc) is 3.03. The maximum Gasteiger partial charge on any atom is 0.374 e. The molecule has 7 nitrogen and oxygen atoms in total. The summed E-state index contributed by atoms with van der Waals surface area (Å²) in [4.78, 5) is 29.2. The van der Waals surface area contributed by atoms with E-state index in [9.17, 15) is 9.59 Å². The molecule has 4 aromatic rings. The molecule has 0 amide bonds. The second kappa shape index (κ2) is 6.84. The summed E-state index contributed by atoms with van der Waals surface area (Å²) in [5, 5.41) is 0.781. The van der Waals surface area contributed by atoms with Crippen LogP contribution in [-0.4, -0.2) is 22.5 Å². The average molecular weight is 378 g/mol. The van der Waals surface area contributed by atoms with E-state index in [0.29, 0.717) is 28.2 Å². The molecule has 3 aromatic heterocycles. The number of hydrogen-bond donors (Lipinski definition) is 0. The van der Waals surface area contributed by atoms with Gasteiger partial charge in [0.25, 0.3) is 5.56 Å². The summed E-state index contributed by atoms with van der Waals surface area (Å²) in [5.41, 5.74) is 2.78. The molecule has 1 aromatic carbocycles. The lowest BCUT2D eigenvalue weighted by Crippen LogP contribution is -2.17. The van der Waals surface area contributed by atoms with Gasteiger partial charge in [0.2, 0.25) is 5.76 Å². The van der Waals surface area contributed by atoms with Gasteiger partial charge in [-0.3, -0.25) is 9.20 Å². The van der Waals surface area contributed by atoms with Crippen LogP contribution in [0.15, 0.2) is 51.8 Å². The highest BCUT2D eigenvalue weighted by atomic mass is 16.5. The number of benzene rings is 1. The Morgan fingerprint density at radius 1 is 1.21 bits per heavy atom. The Morgan fingerprint density at radius 2 is 2.04 bits per heavy atom. The fourth-order valence-corrected chi connectivity index (χ4v) is 3.11. The highest BCUT2D eigenvalue weighted by molar-refractivity contribution is 5.96. The van der Waals surface area contributed by atoms with Crippen LogP contribution in [0.4, 0.5) is 0 Å². The summed E-state index contributed by atoms with van der Waals surface area (Å²) < 4.78 is 17.7. The van der Waals surface area contributed by atoms with E-state index in [-0.39, 0.29) is 17.9 Å². The number of ether oxygens (including phenoxy) is 2. The van der Waals surface area contributed by atoms with Crippen molar-refractivity contribution >= 4 is 22.6 Å². The van der Waals surface area contributed by atoms with E-state index in [1.807, 2.05) is 13.0 Å². The SMILES string of the molecule is COc1ccc2oc(C(=O)OCc3cc(=O)n4cccc(C)c4n3)c(C)c2c1. The van der Waals surface area contributed by atoms with Crippen LogP contribution >= 0.6 is 0 Å². The van der Waals surface area contributed by atoms with Crippen LogP contribution in [0.2, 0.25) is 0 Å². The molecule has 0 radical (unpaired) electrons. The summed E-state index contributed by atoms with van der Waals surface area (Å²) in [6.07, 6.45) is 1.65. The van der Waals surface area contributed by atoms with Gasteiger partial charge in [-0.1, -0.05) is 6.07 Å². The van der Waals surface area contributed by atoms with Crippen LogP contribution in [0, 0.1) is 13.8 Å². The molecular weight excluding hydrogens is 360 g/mol. The third-order valence-corrected chi connectivity index (χ3v) is 4.62. The Balaban J connectivity index is 1.60. The van der Waals surface area contributed by atoms with Gasteiger partial charge in [-0.25, -0.2) is 9.78 Å². The molecule has 0 spiro atoms. The molecule has 28 heavy (non-hydrogen) atoms. The van der Waals surface area contributed by atoms with E-state index in [1.165, 1.54) is 10.5 Å². The summed E-state index contributed by atoms with van der Waals surface area (Å²) >= 11 is 0. The predicted molar refractivity (Wildman–Crippen MR) is 103 cm³/mol. The zero-order valence-electron chi connectivity index (χ0n) is 15.7. The Kier molecular flexibility index (Phi) is 4.35. The summed E-state index contributed by atoms with van der Waals surface area (Å²) in [6.45, 7) is 3.52. The van der Waals surface area contributed by atoms with Gasteiger partial charge in [-0.15, -0.1) is 0 Å². The number of rotatable bonds is 4. The molecule has 0 bridgehead atoms. The van der Waals surface area contributed by atoms with Crippen molar-refractivity contribution in [2.45, 2.75) is 20.5 Å². The molecule has 4 rings (SSSR count). The number of methoxy groups -OCH3 is 1. The number of nitrogens with zero attached hydrogens (tertiary/aromatic N) is 2.